The normalized spacial score (nSPS) is 15.2. The van der Waals surface area contributed by atoms with Crippen LogP contribution < -0.4 is 10.2 Å². The summed E-state index contributed by atoms with van der Waals surface area (Å²) in [5, 5.41) is 4.05. The maximum absolute atomic E-state index is 13.9. The molecule has 0 spiro atoms. The highest BCUT2D eigenvalue weighted by atomic mass is 32.1. The van der Waals surface area contributed by atoms with Crippen LogP contribution in [0.25, 0.3) is 0 Å². The van der Waals surface area contributed by atoms with Crippen LogP contribution in [0, 0.1) is 13.8 Å². The quantitative estimate of drug-likeness (QED) is 0.576. The Balaban J connectivity index is 1.78. The highest BCUT2D eigenvalue weighted by Crippen LogP contribution is 2.32. The van der Waals surface area contributed by atoms with Gasteiger partial charge in [-0.25, -0.2) is 4.98 Å². The Hall–Kier alpha value is -3.06. The minimum absolute atomic E-state index is 0.140. The van der Waals surface area contributed by atoms with Crippen molar-refractivity contribution in [3.63, 3.8) is 0 Å². The molecule has 1 aliphatic rings. The van der Waals surface area contributed by atoms with Crippen molar-refractivity contribution in [3.8, 4) is 0 Å². The molecule has 32 heavy (non-hydrogen) atoms. The number of thiazole rings is 1. The Labute approximate surface area is 192 Å². The van der Waals surface area contributed by atoms with Gasteiger partial charge < -0.3 is 5.32 Å². The van der Waals surface area contributed by atoms with E-state index in [1.165, 1.54) is 17.8 Å². The number of amides is 2. The molecule has 1 aliphatic carbocycles. The number of nitrogens with zero attached hydrogens (tertiary/aromatic N) is 3. The van der Waals surface area contributed by atoms with Crippen LogP contribution in [0.5, 0.6) is 0 Å². The first-order valence-electron chi connectivity index (χ1n) is 11.1. The van der Waals surface area contributed by atoms with E-state index in [4.69, 9.17) is 0 Å². The maximum Gasteiger partial charge on any atom is 0.271 e. The zero-order chi connectivity index (χ0) is 22.5. The van der Waals surface area contributed by atoms with Crippen molar-refractivity contribution in [2.75, 3.05) is 4.90 Å². The van der Waals surface area contributed by atoms with Gasteiger partial charge in [-0.15, -0.1) is 11.3 Å². The first kappa shape index (κ1) is 22.1. The van der Waals surface area contributed by atoms with Crippen molar-refractivity contribution in [2.45, 2.75) is 58.0 Å². The lowest BCUT2D eigenvalue weighted by molar-refractivity contribution is -0.123. The summed E-state index contributed by atoms with van der Waals surface area (Å²) < 4.78 is 0. The summed E-state index contributed by atoms with van der Waals surface area (Å²) in [4.78, 5) is 38.4. The number of anilines is 1. The molecule has 6 nitrogen and oxygen atoms in total. The number of pyridine rings is 1. The molecule has 0 aliphatic heterocycles. The summed E-state index contributed by atoms with van der Waals surface area (Å²) in [7, 11) is 0. The second-order valence-corrected chi connectivity index (χ2v) is 9.39. The molecule has 3 aromatic rings. The molecule has 1 fully saturated rings. The first-order valence-corrected chi connectivity index (χ1v) is 11.9. The van der Waals surface area contributed by atoms with E-state index >= 15 is 0 Å². The molecule has 0 radical (unpaired) electrons. The van der Waals surface area contributed by atoms with E-state index in [0.29, 0.717) is 16.3 Å². The number of hydrogen-bond acceptors (Lipinski definition) is 5. The van der Waals surface area contributed by atoms with Crippen molar-refractivity contribution in [2.24, 2.45) is 0 Å². The summed E-state index contributed by atoms with van der Waals surface area (Å²) in [6.07, 6.45) is 8.68. The van der Waals surface area contributed by atoms with Gasteiger partial charge in [-0.3, -0.25) is 19.5 Å². The van der Waals surface area contributed by atoms with Crippen LogP contribution in [0.4, 0.5) is 5.69 Å². The molecule has 1 saturated carbocycles. The first-order chi connectivity index (χ1) is 15.5. The third-order valence-corrected chi connectivity index (χ3v) is 6.87. The van der Waals surface area contributed by atoms with Crippen molar-refractivity contribution in [3.05, 3.63) is 76.0 Å². The topological polar surface area (TPSA) is 75.2 Å². The molecule has 2 amide bonds. The Morgan fingerprint density at radius 1 is 1.06 bits per heavy atom. The second-order valence-electron chi connectivity index (χ2n) is 8.19. The van der Waals surface area contributed by atoms with E-state index in [-0.39, 0.29) is 17.9 Å². The van der Waals surface area contributed by atoms with Crippen LogP contribution in [0.15, 0.2) is 54.9 Å². The number of nitrogens with one attached hydrogen (secondary N) is 1. The Morgan fingerprint density at radius 2 is 1.81 bits per heavy atom. The van der Waals surface area contributed by atoms with Crippen molar-refractivity contribution in [1.82, 2.24) is 15.3 Å². The third kappa shape index (κ3) is 4.88. The van der Waals surface area contributed by atoms with Crippen LogP contribution >= 0.6 is 11.3 Å². The van der Waals surface area contributed by atoms with Gasteiger partial charge in [0.05, 0.1) is 22.6 Å². The lowest BCUT2D eigenvalue weighted by atomic mass is 9.94. The van der Waals surface area contributed by atoms with E-state index < -0.39 is 6.04 Å². The lowest BCUT2D eigenvalue weighted by Crippen LogP contribution is -2.47. The third-order valence-electron chi connectivity index (χ3n) is 5.81. The average molecular weight is 449 g/mol. The van der Waals surface area contributed by atoms with Crippen LogP contribution in [-0.4, -0.2) is 27.8 Å². The van der Waals surface area contributed by atoms with Crippen LogP contribution in [0.2, 0.25) is 0 Å². The van der Waals surface area contributed by atoms with Gasteiger partial charge in [0.15, 0.2) is 0 Å². The van der Waals surface area contributed by atoms with E-state index in [9.17, 15) is 9.59 Å². The number of rotatable bonds is 6. The number of benzene rings is 1. The fourth-order valence-electron chi connectivity index (χ4n) is 4.30. The number of aromatic nitrogens is 2. The Kier molecular flexibility index (Phi) is 6.95. The number of carbonyl (C=O) groups excluding carboxylic acids is 2. The van der Waals surface area contributed by atoms with Crippen molar-refractivity contribution in [1.29, 1.82) is 0 Å². The van der Waals surface area contributed by atoms with E-state index in [0.717, 1.165) is 36.3 Å². The van der Waals surface area contributed by atoms with Crippen molar-refractivity contribution < 1.29 is 9.59 Å². The molecule has 2 aromatic heterocycles. The van der Waals surface area contributed by atoms with Gasteiger partial charge in [0.25, 0.3) is 5.91 Å². The fraction of sp³-hybridized carbons (Fsp3) is 0.360. The smallest absolute Gasteiger partial charge is 0.271 e. The number of hydrogen-bond donors (Lipinski definition) is 1. The van der Waals surface area contributed by atoms with Gasteiger partial charge in [-0.05, 0) is 44.4 Å². The van der Waals surface area contributed by atoms with Gasteiger partial charge in [0.1, 0.15) is 10.9 Å². The number of carbonyl (C=O) groups is 2. The highest BCUT2D eigenvalue weighted by Gasteiger charge is 2.36. The molecule has 2 heterocycles. The van der Waals surface area contributed by atoms with Gasteiger partial charge in [-0.1, -0.05) is 49.6 Å². The predicted molar refractivity (Wildman–Crippen MR) is 127 cm³/mol. The van der Waals surface area contributed by atoms with E-state index in [2.05, 4.69) is 15.3 Å². The minimum atomic E-state index is -0.809. The van der Waals surface area contributed by atoms with Gasteiger partial charge >= 0.3 is 0 Å². The highest BCUT2D eigenvalue weighted by molar-refractivity contribution is 7.13. The van der Waals surface area contributed by atoms with Gasteiger partial charge in [0.2, 0.25) is 5.91 Å². The van der Waals surface area contributed by atoms with Crippen LogP contribution in [0.3, 0.4) is 0 Å². The Morgan fingerprint density at radius 3 is 2.44 bits per heavy atom. The summed E-state index contributed by atoms with van der Waals surface area (Å²) in [5.41, 5.74) is 2.01. The molecule has 1 unspecified atom stereocenters. The molecular weight excluding hydrogens is 420 g/mol. The molecule has 166 valence electrons. The van der Waals surface area contributed by atoms with Gasteiger partial charge in [-0.2, -0.15) is 0 Å². The van der Waals surface area contributed by atoms with Crippen LogP contribution in [0.1, 0.15) is 64.1 Å². The average Bonchev–Trinajstić information content (AvgIpc) is 3.16. The van der Waals surface area contributed by atoms with Gasteiger partial charge in [0, 0.05) is 12.2 Å². The monoisotopic (exact) mass is 448 g/mol. The predicted octanol–water partition coefficient (Wildman–Crippen LogP) is 4.99. The summed E-state index contributed by atoms with van der Waals surface area (Å²) >= 11 is 1.35. The standard InChI is InChI=1S/C25H28N4O2S/c1-17-23(32-18(2)27-17)25(31)29(21-14-9-15-26-16-21)22(19-10-5-3-6-11-19)24(30)28-20-12-7-4-8-13-20/h3,5-6,9-11,14-16,20,22H,4,7-8,12-13H2,1-2H3,(H,28,30). The lowest BCUT2D eigenvalue weighted by Gasteiger charge is -2.33. The van der Waals surface area contributed by atoms with E-state index in [1.54, 1.807) is 23.4 Å². The van der Waals surface area contributed by atoms with Crippen molar-refractivity contribution >= 4 is 28.8 Å². The molecule has 0 saturated heterocycles. The largest absolute Gasteiger partial charge is 0.351 e. The maximum atomic E-state index is 13.9. The molecule has 1 atom stereocenters. The summed E-state index contributed by atoms with van der Waals surface area (Å²) in [6.45, 7) is 3.71. The Bertz CT molecular complexity index is 1060. The zero-order valence-corrected chi connectivity index (χ0v) is 19.3. The number of aryl methyl sites for hydroxylation is 2. The zero-order valence-electron chi connectivity index (χ0n) is 18.5. The summed E-state index contributed by atoms with van der Waals surface area (Å²) in [6, 6.07) is 12.4. The van der Waals surface area contributed by atoms with E-state index in [1.807, 2.05) is 50.2 Å². The minimum Gasteiger partial charge on any atom is -0.351 e. The molecule has 0 bridgehead atoms. The summed E-state index contributed by atoms with van der Waals surface area (Å²) in [5.74, 6) is -0.409. The SMILES string of the molecule is Cc1nc(C)c(C(=O)N(c2cccnc2)C(C(=O)NC2CCCCC2)c2ccccc2)s1. The molecule has 7 heteroatoms. The molecule has 4 rings (SSSR count). The molecular formula is C25H28N4O2S. The molecule has 1 N–H and O–H groups in total. The fourth-order valence-corrected chi connectivity index (χ4v) is 5.16. The van der Waals surface area contributed by atoms with Crippen LogP contribution in [-0.2, 0) is 4.79 Å². The second kappa shape index (κ2) is 10.0. The molecule has 1 aromatic carbocycles.